The predicted molar refractivity (Wildman–Crippen MR) is 253 cm³/mol. The fourth-order valence-corrected chi connectivity index (χ4v) is 21.4. The highest BCUT2D eigenvalue weighted by molar-refractivity contribution is 8.00. The molecule has 12 heteroatoms. The number of rotatable bonds is 5. The Balaban J connectivity index is 1.16. The minimum atomic E-state index is -0.599. The summed E-state index contributed by atoms with van der Waals surface area (Å²) in [7, 11) is 0. The number of hydrogen-bond acceptors (Lipinski definition) is 12. The Labute approximate surface area is 410 Å². The summed E-state index contributed by atoms with van der Waals surface area (Å²) in [5, 5.41) is 104. The summed E-state index contributed by atoms with van der Waals surface area (Å²) >= 11 is 2.07. The Kier molecular flexibility index (Phi) is 14.1. The zero-order valence-corrected chi connectivity index (χ0v) is 40.6. The molecule has 0 bridgehead atoms. The molecule has 3 heterocycles. The van der Waals surface area contributed by atoms with Gasteiger partial charge in [-0.25, -0.2) is 0 Å². The van der Waals surface area contributed by atoms with Crippen molar-refractivity contribution in [2.45, 2.75) is 163 Å². The molecule has 0 aromatic heterocycles. The molecule has 0 radical (unpaired) electrons. The standard InChI is InChI=1S/C56H69N11S/c57-21-31-15-34(24-60)48(35(16-31)25-61)53-51-43-9-3-6-12-47(43)68-56(51)55(50-38(28-64)19-33(23-59)20-39(50)29-65)52(54(53)49-36(26-62)17-32(22-58)18-37(49)27-63)44-14-13-40(30-66-44)67-45-10-4-1-7-41(45)42-8-2-5-11-46(42)67/h31-56,66H,1-20,30H2. The average Bonchev–Trinajstić information content (AvgIpc) is 3.95. The van der Waals surface area contributed by atoms with E-state index in [4.69, 9.17) is 0 Å². The average molecular weight is 928 g/mol. The van der Waals surface area contributed by atoms with Gasteiger partial charge in [0, 0.05) is 59.0 Å². The van der Waals surface area contributed by atoms with Crippen LogP contribution in [0.5, 0.6) is 0 Å². The molecule has 7 saturated carbocycles. The Bertz CT molecular complexity index is 2170. The summed E-state index contributed by atoms with van der Waals surface area (Å²) in [6.07, 6.45) is 19.0. The van der Waals surface area contributed by atoms with E-state index in [9.17, 15) is 47.4 Å². The lowest BCUT2D eigenvalue weighted by molar-refractivity contribution is -0.126. The lowest BCUT2D eigenvalue weighted by Crippen LogP contribution is -2.65. The van der Waals surface area contributed by atoms with Crippen molar-refractivity contribution in [1.82, 2.24) is 10.2 Å². The Morgan fingerprint density at radius 2 is 0.765 bits per heavy atom. The summed E-state index contributed by atoms with van der Waals surface area (Å²) in [4.78, 5) is 2.99. The summed E-state index contributed by atoms with van der Waals surface area (Å²) in [5.41, 5.74) is 0. The molecule has 3 saturated heterocycles. The van der Waals surface area contributed by atoms with Crippen LogP contribution in [0.2, 0.25) is 0 Å². The minimum Gasteiger partial charge on any atom is -0.312 e. The summed E-state index contributed by atoms with van der Waals surface area (Å²) in [6.45, 7) is 0.828. The SMILES string of the molecule is N#CC1CC(C#N)C(C2C3SC4CCCCC4C3C(C3C(C#N)CC(C#N)CC3C#N)C(C3C(C#N)CC(C#N)CC3C#N)C2C2CCC(N3C4CCCCC4C4CCCCC43)CN2)C(C#N)C1. The van der Waals surface area contributed by atoms with Crippen LogP contribution in [0.1, 0.15) is 128 Å². The Morgan fingerprint density at radius 3 is 1.18 bits per heavy atom. The summed E-state index contributed by atoms with van der Waals surface area (Å²) in [6, 6.07) is 25.2. The molecule has 3 aliphatic heterocycles. The molecular weight excluding hydrogens is 859 g/mol. The van der Waals surface area contributed by atoms with Crippen molar-refractivity contribution in [1.29, 1.82) is 47.4 Å². The minimum absolute atomic E-state index is 0.0256. The van der Waals surface area contributed by atoms with Crippen molar-refractivity contribution in [2.75, 3.05) is 6.54 Å². The molecule has 20 atom stereocenters. The van der Waals surface area contributed by atoms with Crippen LogP contribution >= 0.6 is 11.8 Å². The number of fused-ring (bicyclic) bond motifs is 6. The highest BCUT2D eigenvalue weighted by atomic mass is 32.2. The van der Waals surface area contributed by atoms with Crippen molar-refractivity contribution in [3.05, 3.63) is 0 Å². The van der Waals surface area contributed by atoms with E-state index < -0.39 is 59.2 Å². The molecule has 11 nitrogen and oxygen atoms in total. The lowest BCUT2D eigenvalue weighted by Gasteiger charge is -2.63. The van der Waals surface area contributed by atoms with Crippen LogP contribution in [-0.2, 0) is 0 Å². The molecule has 68 heavy (non-hydrogen) atoms. The number of piperidine rings is 1. The van der Waals surface area contributed by atoms with E-state index in [1.807, 2.05) is 0 Å². The maximum absolute atomic E-state index is 11.4. The Hall–Kier alpha value is -4.32. The third-order valence-electron chi connectivity index (χ3n) is 21.2. The predicted octanol–water partition coefficient (Wildman–Crippen LogP) is 9.80. The second-order valence-electron chi connectivity index (χ2n) is 23.7. The van der Waals surface area contributed by atoms with Gasteiger partial charge in [0.05, 0.1) is 90.1 Å². The normalized spacial score (nSPS) is 50.9. The molecule has 354 valence electrons. The second-order valence-corrected chi connectivity index (χ2v) is 25.2. The van der Waals surface area contributed by atoms with Crippen LogP contribution in [0, 0.1) is 220 Å². The fraction of sp³-hybridized carbons (Fsp3) is 0.839. The number of thioether (sulfide) groups is 1. The Morgan fingerprint density at radius 1 is 0.368 bits per heavy atom. The highest BCUT2D eigenvalue weighted by Crippen LogP contribution is 2.70. The van der Waals surface area contributed by atoms with Crippen LogP contribution in [-0.4, -0.2) is 46.1 Å². The number of nitrogens with zero attached hydrogens (tertiary/aromatic N) is 10. The third-order valence-corrected chi connectivity index (χ3v) is 23.1. The van der Waals surface area contributed by atoms with Crippen LogP contribution in [0.3, 0.4) is 0 Å². The van der Waals surface area contributed by atoms with E-state index in [1.54, 1.807) is 0 Å². The van der Waals surface area contributed by atoms with Crippen LogP contribution in [0.4, 0.5) is 0 Å². The van der Waals surface area contributed by atoms with Crippen molar-refractivity contribution in [3.63, 3.8) is 0 Å². The first-order valence-electron chi connectivity index (χ1n) is 27.1. The number of nitriles is 9. The molecule has 20 unspecified atom stereocenters. The molecule has 0 aromatic carbocycles. The zero-order chi connectivity index (χ0) is 47.2. The van der Waals surface area contributed by atoms with Gasteiger partial charge in [-0.05, 0) is 155 Å². The van der Waals surface area contributed by atoms with Gasteiger partial charge in [-0.3, -0.25) is 4.90 Å². The quantitative estimate of drug-likeness (QED) is 0.272. The maximum atomic E-state index is 11.4. The van der Waals surface area contributed by atoms with Crippen LogP contribution in [0.25, 0.3) is 0 Å². The zero-order valence-electron chi connectivity index (χ0n) is 39.7. The van der Waals surface area contributed by atoms with E-state index in [0.29, 0.717) is 61.9 Å². The van der Waals surface area contributed by atoms with Crippen molar-refractivity contribution >= 4 is 11.8 Å². The molecule has 1 N–H and O–H groups in total. The van der Waals surface area contributed by atoms with Crippen molar-refractivity contribution in [3.8, 4) is 54.6 Å². The van der Waals surface area contributed by atoms with Gasteiger partial charge in [0.1, 0.15) is 0 Å². The van der Waals surface area contributed by atoms with Gasteiger partial charge in [0.15, 0.2) is 0 Å². The smallest absolute Gasteiger partial charge is 0.0659 e. The first-order valence-corrected chi connectivity index (χ1v) is 28.0. The third kappa shape index (κ3) is 7.98. The van der Waals surface area contributed by atoms with Crippen molar-refractivity contribution < 1.29 is 0 Å². The van der Waals surface area contributed by atoms with Gasteiger partial charge in [0.25, 0.3) is 0 Å². The van der Waals surface area contributed by atoms with E-state index >= 15 is 0 Å². The number of nitrogens with one attached hydrogen (secondary N) is 1. The van der Waals surface area contributed by atoms with Gasteiger partial charge in [-0.1, -0.05) is 38.5 Å². The molecule has 0 aromatic rings. The number of likely N-dealkylation sites (tertiary alicyclic amines) is 1. The lowest BCUT2D eigenvalue weighted by atomic mass is 9.42. The second kappa shape index (κ2) is 20.2. The van der Waals surface area contributed by atoms with Gasteiger partial charge >= 0.3 is 0 Å². The monoisotopic (exact) mass is 928 g/mol. The number of hydrogen-bond donors (Lipinski definition) is 1. The molecular formula is C56H69N11S. The molecule has 0 amide bonds. The van der Waals surface area contributed by atoms with E-state index in [0.717, 1.165) is 56.9 Å². The maximum Gasteiger partial charge on any atom is 0.0659 e. The van der Waals surface area contributed by atoms with E-state index in [1.165, 1.54) is 51.4 Å². The summed E-state index contributed by atoms with van der Waals surface area (Å²) < 4.78 is 0. The van der Waals surface area contributed by atoms with Gasteiger partial charge in [0.2, 0.25) is 0 Å². The van der Waals surface area contributed by atoms with E-state index in [2.05, 4.69) is 76.6 Å². The molecule has 10 fully saturated rings. The van der Waals surface area contributed by atoms with E-state index in [-0.39, 0.29) is 58.6 Å². The highest BCUT2D eigenvalue weighted by Gasteiger charge is 2.68. The molecule has 7 aliphatic carbocycles. The molecule has 10 aliphatic rings. The first-order chi connectivity index (χ1) is 33.3. The topological polar surface area (TPSA) is 229 Å². The van der Waals surface area contributed by atoms with Gasteiger partial charge in [-0.15, -0.1) is 0 Å². The first kappa shape index (κ1) is 47.4. The van der Waals surface area contributed by atoms with Crippen LogP contribution in [0.15, 0.2) is 0 Å². The molecule has 10 rings (SSSR count). The fourth-order valence-electron chi connectivity index (χ4n) is 19.1. The largest absolute Gasteiger partial charge is 0.312 e. The summed E-state index contributed by atoms with van der Waals surface area (Å²) in [5.74, 6) is -4.67. The molecule has 0 spiro atoms. The van der Waals surface area contributed by atoms with Gasteiger partial charge in [-0.2, -0.15) is 59.1 Å². The van der Waals surface area contributed by atoms with Gasteiger partial charge < -0.3 is 5.32 Å². The van der Waals surface area contributed by atoms with Crippen LogP contribution < -0.4 is 5.32 Å². The van der Waals surface area contributed by atoms with Crippen molar-refractivity contribution in [2.24, 2.45) is 118 Å².